The van der Waals surface area contributed by atoms with Crippen LogP contribution in [0, 0.1) is 5.92 Å². The fourth-order valence-electron chi connectivity index (χ4n) is 3.79. The largest absolute Gasteiger partial charge is 0.337 e. The molecule has 1 aliphatic heterocycles. The van der Waals surface area contributed by atoms with Gasteiger partial charge < -0.3 is 9.84 Å². The first-order valence-electron chi connectivity index (χ1n) is 10.8. The van der Waals surface area contributed by atoms with Gasteiger partial charge in [-0.3, -0.25) is 4.79 Å². The summed E-state index contributed by atoms with van der Waals surface area (Å²) in [7, 11) is -3.79. The van der Waals surface area contributed by atoms with Gasteiger partial charge in [0.2, 0.25) is 27.6 Å². The lowest BCUT2D eigenvalue weighted by molar-refractivity contribution is -0.116. The van der Waals surface area contributed by atoms with Crippen LogP contribution in [0.3, 0.4) is 0 Å². The van der Waals surface area contributed by atoms with E-state index in [0.717, 1.165) is 5.56 Å². The van der Waals surface area contributed by atoms with Gasteiger partial charge in [0, 0.05) is 29.2 Å². The molecule has 3 aromatic rings. The molecule has 2 heterocycles. The van der Waals surface area contributed by atoms with Crippen molar-refractivity contribution in [1.82, 2.24) is 14.4 Å². The molecule has 1 atom stereocenters. The van der Waals surface area contributed by atoms with E-state index in [-0.39, 0.29) is 22.6 Å². The molecule has 174 valence electrons. The van der Waals surface area contributed by atoms with Crippen LogP contribution >= 0.6 is 11.6 Å². The molecule has 1 aromatic heterocycles. The number of rotatable bonds is 7. The predicted molar refractivity (Wildman–Crippen MR) is 125 cm³/mol. The summed E-state index contributed by atoms with van der Waals surface area (Å²) in [4.78, 5) is 16.6. The van der Waals surface area contributed by atoms with Crippen molar-refractivity contribution in [3.63, 3.8) is 0 Å². The Morgan fingerprint density at radius 3 is 2.55 bits per heavy atom. The first kappa shape index (κ1) is 23.4. The molecule has 8 nitrogen and oxygen atoms in total. The van der Waals surface area contributed by atoms with E-state index in [0.29, 0.717) is 42.3 Å². The molecule has 0 spiro atoms. The first-order chi connectivity index (χ1) is 15.7. The molecule has 4 rings (SSSR count). The lowest BCUT2D eigenvalue weighted by atomic mass is 10.1. The fraction of sp³-hybridized carbons (Fsp3) is 0.348. The van der Waals surface area contributed by atoms with Gasteiger partial charge in [-0.25, -0.2) is 8.42 Å². The number of anilines is 1. The number of hydrogen-bond donors (Lipinski definition) is 1. The van der Waals surface area contributed by atoms with Gasteiger partial charge in [-0.2, -0.15) is 9.29 Å². The number of halogens is 1. The minimum atomic E-state index is -3.79. The van der Waals surface area contributed by atoms with Crippen LogP contribution < -0.4 is 5.32 Å². The van der Waals surface area contributed by atoms with Gasteiger partial charge in [-0.15, -0.1) is 0 Å². The highest BCUT2D eigenvalue weighted by atomic mass is 35.5. The molecule has 0 bridgehead atoms. The summed E-state index contributed by atoms with van der Waals surface area (Å²) in [6.07, 6.45) is 1.68. The lowest BCUT2D eigenvalue weighted by Gasteiger charge is -2.21. The van der Waals surface area contributed by atoms with E-state index in [1.54, 1.807) is 36.4 Å². The number of aromatic nitrogens is 2. The average molecular weight is 489 g/mol. The Bertz CT molecular complexity index is 1220. The quantitative estimate of drug-likeness (QED) is 0.507. The molecule has 10 heteroatoms. The third kappa shape index (κ3) is 5.26. The maximum Gasteiger partial charge on any atom is 0.245 e. The smallest absolute Gasteiger partial charge is 0.245 e. The summed E-state index contributed by atoms with van der Waals surface area (Å²) in [5.74, 6) is 0.778. The zero-order valence-electron chi connectivity index (χ0n) is 18.4. The Hall–Kier alpha value is -2.75. The Labute approximate surface area is 198 Å². The fourth-order valence-corrected chi connectivity index (χ4v) is 5.57. The van der Waals surface area contributed by atoms with E-state index in [1.165, 1.54) is 16.4 Å². The van der Waals surface area contributed by atoms with Crippen molar-refractivity contribution >= 4 is 33.2 Å². The van der Waals surface area contributed by atoms with Crippen molar-refractivity contribution < 1.29 is 17.7 Å². The van der Waals surface area contributed by atoms with Crippen LogP contribution in [0.15, 0.2) is 57.9 Å². The molecule has 1 amide bonds. The minimum Gasteiger partial charge on any atom is -0.337 e. The molecule has 1 N–H and O–H groups in total. The Balaban J connectivity index is 1.52. The van der Waals surface area contributed by atoms with E-state index in [4.69, 9.17) is 16.1 Å². The maximum atomic E-state index is 13.3. The van der Waals surface area contributed by atoms with Gasteiger partial charge in [0.15, 0.2) is 0 Å². The van der Waals surface area contributed by atoms with E-state index < -0.39 is 16.1 Å². The summed E-state index contributed by atoms with van der Waals surface area (Å²) in [5, 5.41) is 7.41. The van der Waals surface area contributed by atoms with Crippen LogP contribution in [0.5, 0.6) is 0 Å². The second kappa shape index (κ2) is 9.62. The molecule has 0 aliphatic carbocycles. The molecular formula is C23H25ClN4O4S. The minimum absolute atomic E-state index is 0.104. The third-order valence-electron chi connectivity index (χ3n) is 5.37. The standard InChI is InChI=1S/C23H25ClN4O4S/c1-15(2)14-21(29)25-18-9-11-19(12-10-18)33(30,31)28-13-3-4-20(28)23-26-22(27-32-23)16-5-7-17(24)8-6-16/h5-12,15,20H,3-4,13-14H2,1-2H3,(H,25,29)/t20-/m1/s1. The summed E-state index contributed by atoms with van der Waals surface area (Å²) >= 11 is 5.93. The van der Waals surface area contributed by atoms with Crippen LogP contribution in [0.25, 0.3) is 11.4 Å². The monoisotopic (exact) mass is 488 g/mol. The van der Waals surface area contributed by atoms with Crippen LogP contribution in [0.2, 0.25) is 5.02 Å². The SMILES string of the molecule is CC(C)CC(=O)Nc1ccc(S(=O)(=O)N2CCC[C@@H]2c2nc(-c3ccc(Cl)cc3)no2)cc1. The zero-order valence-corrected chi connectivity index (χ0v) is 19.9. The van der Waals surface area contributed by atoms with Crippen LogP contribution in [-0.4, -0.2) is 35.3 Å². The predicted octanol–water partition coefficient (Wildman–Crippen LogP) is 4.90. The van der Waals surface area contributed by atoms with Gasteiger partial charge in [0.25, 0.3) is 0 Å². The maximum absolute atomic E-state index is 13.3. The van der Waals surface area contributed by atoms with E-state index in [1.807, 2.05) is 13.8 Å². The molecule has 0 radical (unpaired) electrons. The van der Waals surface area contributed by atoms with Crippen molar-refractivity contribution in [3.8, 4) is 11.4 Å². The number of carbonyl (C=O) groups excluding carboxylic acids is 1. The molecule has 33 heavy (non-hydrogen) atoms. The van der Waals surface area contributed by atoms with Crippen molar-refractivity contribution in [3.05, 3.63) is 59.4 Å². The van der Waals surface area contributed by atoms with Gasteiger partial charge in [-0.05, 0) is 67.3 Å². The second-order valence-electron chi connectivity index (χ2n) is 8.41. The summed E-state index contributed by atoms with van der Waals surface area (Å²) in [6, 6.07) is 12.7. The van der Waals surface area contributed by atoms with Gasteiger partial charge in [-0.1, -0.05) is 30.6 Å². The highest BCUT2D eigenvalue weighted by Gasteiger charge is 2.39. The topological polar surface area (TPSA) is 105 Å². The number of amides is 1. The number of benzene rings is 2. The van der Waals surface area contributed by atoms with Gasteiger partial charge in [0.05, 0.1) is 4.90 Å². The molecule has 0 saturated carbocycles. The Morgan fingerprint density at radius 2 is 1.88 bits per heavy atom. The van der Waals surface area contributed by atoms with E-state index in [2.05, 4.69) is 15.5 Å². The molecule has 0 unspecified atom stereocenters. The first-order valence-corrected chi connectivity index (χ1v) is 12.6. The second-order valence-corrected chi connectivity index (χ2v) is 10.7. The molecule has 1 saturated heterocycles. The highest BCUT2D eigenvalue weighted by Crippen LogP contribution is 2.36. The van der Waals surface area contributed by atoms with E-state index in [9.17, 15) is 13.2 Å². The van der Waals surface area contributed by atoms with E-state index >= 15 is 0 Å². The Kier molecular flexibility index (Phi) is 6.83. The van der Waals surface area contributed by atoms with Crippen LogP contribution in [0.1, 0.15) is 45.0 Å². The molecule has 1 aliphatic rings. The van der Waals surface area contributed by atoms with Gasteiger partial charge in [0.1, 0.15) is 6.04 Å². The summed E-state index contributed by atoms with van der Waals surface area (Å²) < 4.78 is 33.5. The number of nitrogens with one attached hydrogen (secondary N) is 1. The molecular weight excluding hydrogens is 464 g/mol. The highest BCUT2D eigenvalue weighted by molar-refractivity contribution is 7.89. The third-order valence-corrected chi connectivity index (χ3v) is 7.55. The lowest BCUT2D eigenvalue weighted by Crippen LogP contribution is -2.30. The van der Waals surface area contributed by atoms with Crippen molar-refractivity contribution in [2.75, 3.05) is 11.9 Å². The Morgan fingerprint density at radius 1 is 1.18 bits per heavy atom. The van der Waals surface area contributed by atoms with Crippen LogP contribution in [-0.2, 0) is 14.8 Å². The zero-order chi connectivity index (χ0) is 23.6. The number of nitrogens with zero attached hydrogens (tertiary/aromatic N) is 3. The summed E-state index contributed by atoms with van der Waals surface area (Å²) in [6.45, 7) is 4.28. The van der Waals surface area contributed by atoms with Crippen molar-refractivity contribution in [2.45, 2.75) is 44.0 Å². The van der Waals surface area contributed by atoms with Crippen molar-refractivity contribution in [2.24, 2.45) is 5.92 Å². The number of sulfonamides is 1. The molecule has 2 aromatic carbocycles. The van der Waals surface area contributed by atoms with Gasteiger partial charge >= 0.3 is 0 Å². The van der Waals surface area contributed by atoms with Crippen molar-refractivity contribution in [1.29, 1.82) is 0 Å². The average Bonchev–Trinajstić information content (AvgIpc) is 3.44. The number of hydrogen-bond acceptors (Lipinski definition) is 6. The number of carbonyl (C=O) groups is 1. The van der Waals surface area contributed by atoms with Crippen LogP contribution in [0.4, 0.5) is 5.69 Å². The normalized spacial score (nSPS) is 16.9. The molecule has 1 fully saturated rings. The summed E-state index contributed by atoms with van der Waals surface area (Å²) in [5.41, 5.74) is 1.29.